The fourth-order valence-electron chi connectivity index (χ4n) is 3.39. The summed E-state index contributed by atoms with van der Waals surface area (Å²) in [5.41, 5.74) is 1.39. The molecule has 1 N–H and O–H groups in total. The predicted molar refractivity (Wildman–Crippen MR) is 82.4 cm³/mol. The molecular formula is C17H27N3. The quantitative estimate of drug-likeness (QED) is 0.894. The van der Waals surface area contributed by atoms with E-state index in [9.17, 15) is 0 Å². The number of aromatic nitrogens is 1. The van der Waals surface area contributed by atoms with Crippen molar-refractivity contribution in [2.45, 2.75) is 51.7 Å². The van der Waals surface area contributed by atoms with Crippen LogP contribution >= 0.6 is 0 Å². The molecule has 0 amide bonds. The van der Waals surface area contributed by atoms with E-state index in [4.69, 9.17) is 0 Å². The Bertz CT molecular complexity index is 414. The van der Waals surface area contributed by atoms with Gasteiger partial charge in [-0.25, -0.2) is 0 Å². The first-order valence-corrected chi connectivity index (χ1v) is 8.08. The molecule has 3 nitrogen and oxygen atoms in total. The van der Waals surface area contributed by atoms with Crippen LogP contribution in [0.1, 0.15) is 38.7 Å². The van der Waals surface area contributed by atoms with Crippen molar-refractivity contribution in [3.8, 4) is 0 Å². The highest BCUT2D eigenvalue weighted by Gasteiger charge is 2.37. The van der Waals surface area contributed by atoms with Crippen LogP contribution in [0.5, 0.6) is 0 Å². The second-order valence-electron chi connectivity index (χ2n) is 6.92. The summed E-state index contributed by atoms with van der Waals surface area (Å²) in [4.78, 5) is 6.83. The Kier molecular flexibility index (Phi) is 4.37. The molecule has 1 aromatic rings. The number of piperazine rings is 1. The van der Waals surface area contributed by atoms with Gasteiger partial charge in [-0.3, -0.25) is 9.88 Å². The molecule has 110 valence electrons. The monoisotopic (exact) mass is 273 g/mol. The molecule has 2 atom stereocenters. The molecule has 3 rings (SSSR count). The zero-order chi connectivity index (χ0) is 13.9. The summed E-state index contributed by atoms with van der Waals surface area (Å²) in [5.74, 6) is 1.70. The van der Waals surface area contributed by atoms with Crippen molar-refractivity contribution >= 4 is 0 Å². The van der Waals surface area contributed by atoms with Crippen molar-refractivity contribution in [1.82, 2.24) is 15.2 Å². The van der Waals surface area contributed by atoms with Crippen LogP contribution in [0.3, 0.4) is 0 Å². The van der Waals surface area contributed by atoms with E-state index in [1.165, 1.54) is 31.4 Å². The standard InChI is InChI=1S/C17H27N3/c1-13(2)9-16-10-19-17(15-3-4-15)12-20(16)11-14-5-7-18-8-6-14/h5-8,13,15-17,19H,3-4,9-12H2,1-2H3. The molecular weight excluding hydrogens is 246 g/mol. The molecule has 2 heterocycles. The van der Waals surface area contributed by atoms with Gasteiger partial charge >= 0.3 is 0 Å². The fraction of sp³-hybridized carbons (Fsp3) is 0.706. The summed E-state index contributed by atoms with van der Waals surface area (Å²) < 4.78 is 0. The van der Waals surface area contributed by atoms with Crippen molar-refractivity contribution in [2.75, 3.05) is 13.1 Å². The maximum atomic E-state index is 4.13. The molecule has 20 heavy (non-hydrogen) atoms. The van der Waals surface area contributed by atoms with Crippen molar-refractivity contribution in [1.29, 1.82) is 0 Å². The third-order valence-corrected chi connectivity index (χ3v) is 4.63. The first-order chi connectivity index (χ1) is 9.72. The van der Waals surface area contributed by atoms with Crippen LogP contribution in [0.25, 0.3) is 0 Å². The number of pyridine rings is 1. The first kappa shape index (κ1) is 14.0. The molecule has 0 bridgehead atoms. The van der Waals surface area contributed by atoms with Crippen LogP contribution in [0.2, 0.25) is 0 Å². The van der Waals surface area contributed by atoms with E-state index >= 15 is 0 Å². The molecule has 3 heteroatoms. The molecule has 1 saturated heterocycles. The maximum absolute atomic E-state index is 4.13. The van der Waals surface area contributed by atoms with Gasteiger partial charge in [0.1, 0.15) is 0 Å². The van der Waals surface area contributed by atoms with Crippen LogP contribution in [0.15, 0.2) is 24.5 Å². The Hall–Kier alpha value is -0.930. The Labute approximate surface area is 122 Å². The average molecular weight is 273 g/mol. The third-order valence-electron chi connectivity index (χ3n) is 4.63. The van der Waals surface area contributed by atoms with Crippen molar-refractivity contribution < 1.29 is 0 Å². The van der Waals surface area contributed by atoms with Crippen molar-refractivity contribution in [3.05, 3.63) is 30.1 Å². The van der Waals surface area contributed by atoms with Crippen LogP contribution in [-0.2, 0) is 6.54 Å². The minimum Gasteiger partial charge on any atom is -0.311 e. The van der Waals surface area contributed by atoms with Gasteiger partial charge in [0.25, 0.3) is 0 Å². The van der Waals surface area contributed by atoms with Gasteiger partial charge in [-0.15, -0.1) is 0 Å². The summed E-state index contributed by atoms with van der Waals surface area (Å²) in [6.07, 6.45) is 7.96. The lowest BCUT2D eigenvalue weighted by atomic mass is 9.97. The van der Waals surface area contributed by atoms with Crippen molar-refractivity contribution in [2.24, 2.45) is 11.8 Å². The lowest BCUT2D eigenvalue weighted by Crippen LogP contribution is -2.57. The summed E-state index contributed by atoms with van der Waals surface area (Å²) in [5, 5.41) is 3.80. The van der Waals surface area contributed by atoms with Crippen molar-refractivity contribution in [3.63, 3.8) is 0 Å². The van der Waals surface area contributed by atoms with E-state index in [0.29, 0.717) is 6.04 Å². The molecule has 0 spiro atoms. The number of nitrogens with zero attached hydrogens (tertiary/aromatic N) is 2. The highest BCUT2D eigenvalue weighted by molar-refractivity contribution is 5.10. The minimum atomic E-state index is 0.679. The number of hydrogen-bond donors (Lipinski definition) is 1. The number of rotatable bonds is 5. The van der Waals surface area contributed by atoms with Crippen LogP contribution in [0, 0.1) is 11.8 Å². The minimum absolute atomic E-state index is 0.679. The Morgan fingerprint density at radius 1 is 1.30 bits per heavy atom. The molecule has 1 aliphatic carbocycles. The van der Waals surface area contributed by atoms with Gasteiger partial charge in [-0.2, -0.15) is 0 Å². The molecule has 2 aliphatic rings. The molecule has 1 aliphatic heterocycles. The highest BCUT2D eigenvalue weighted by atomic mass is 15.2. The zero-order valence-corrected chi connectivity index (χ0v) is 12.8. The van der Waals surface area contributed by atoms with Gasteiger partial charge in [-0.1, -0.05) is 13.8 Å². The zero-order valence-electron chi connectivity index (χ0n) is 12.8. The maximum Gasteiger partial charge on any atom is 0.0271 e. The normalized spacial score (nSPS) is 27.9. The van der Waals surface area contributed by atoms with Gasteiger partial charge < -0.3 is 5.32 Å². The summed E-state index contributed by atoms with van der Waals surface area (Å²) in [6, 6.07) is 5.71. The van der Waals surface area contributed by atoms with Gasteiger partial charge in [0.2, 0.25) is 0 Å². The fourth-order valence-corrected chi connectivity index (χ4v) is 3.39. The lowest BCUT2D eigenvalue weighted by molar-refractivity contribution is 0.0999. The molecule has 0 aromatic carbocycles. The van der Waals surface area contributed by atoms with E-state index < -0.39 is 0 Å². The lowest BCUT2D eigenvalue weighted by Gasteiger charge is -2.41. The topological polar surface area (TPSA) is 28.2 Å². The van der Waals surface area contributed by atoms with Gasteiger partial charge in [0.15, 0.2) is 0 Å². The Morgan fingerprint density at radius 3 is 2.70 bits per heavy atom. The second-order valence-corrected chi connectivity index (χ2v) is 6.92. The molecule has 1 aromatic heterocycles. The van der Waals surface area contributed by atoms with E-state index in [1.54, 1.807) is 0 Å². The average Bonchev–Trinajstić information content (AvgIpc) is 3.26. The number of hydrogen-bond acceptors (Lipinski definition) is 3. The number of nitrogens with one attached hydrogen (secondary N) is 1. The van der Waals surface area contributed by atoms with Gasteiger partial charge in [0, 0.05) is 44.1 Å². The summed E-state index contributed by atoms with van der Waals surface area (Å²) >= 11 is 0. The van der Waals surface area contributed by atoms with Crippen LogP contribution in [-0.4, -0.2) is 35.1 Å². The van der Waals surface area contributed by atoms with Gasteiger partial charge in [0.05, 0.1) is 0 Å². The molecule has 2 fully saturated rings. The first-order valence-electron chi connectivity index (χ1n) is 8.08. The van der Waals surface area contributed by atoms with Crippen LogP contribution in [0.4, 0.5) is 0 Å². The Balaban J connectivity index is 1.66. The molecule has 2 unspecified atom stereocenters. The third kappa shape index (κ3) is 3.58. The molecule has 1 saturated carbocycles. The van der Waals surface area contributed by atoms with E-state index in [-0.39, 0.29) is 0 Å². The van der Waals surface area contributed by atoms with Crippen LogP contribution < -0.4 is 5.32 Å². The largest absolute Gasteiger partial charge is 0.311 e. The SMILES string of the molecule is CC(C)CC1CNC(C2CC2)CN1Cc1ccncc1. The van der Waals surface area contributed by atoms with E-state index in [0.717, 1.165) is 31.0 Å². The summed E-state index contributed by atoms with van der Waals surface area (Å²) in [6.45, 7) is 8.11. The second kappa shape index (κ2) is 6.23. The Morgan fingerprint density at radius 2 is 2.05 bits per heavy atom. The van der Waals surface area contributed by atoms with E-state index in [1.807, 2.05) is 12.4 Å². The highest BCUT2D eigenvalue weighted by Crippen LogP contribution is 2.35. The molecule has 0 radical (unpaired) electrons. The summed E-state index contributed by atoms with van der Waals surface area (Å²) in [7, 11) is 0. The smallest absolute Gasteiger partial charge is 0.0271 e. The van der Waals surface area contributed by atoms with Gasteiger partial charge in [-0.05, 0) is 48.8 Å². The van der Waals surface area contributed by atoms with E-state index in [2.05, 4.69) is 41.2 Å². The predicted octanol–water partition coefficient (Wildman–Crippen LogP) is 2.68.